The highest BCUT2D eigenvalue weighted by atomic mass is 32.2. The van der Waals surface area contributed by atoms with Crippen LogP contribution in [0.1, 0.15) is 69.8 Å². The summed E-state index contributed by atoms with van der Waals surface area (Å²) in [6.07, 6.45) is 15.3. The number of amides is 2. The number of thioether (sulfide) groups is 1. The molecule has 0 unspecified atom stereocenters. The van der Waals surface area contributed by atoms with Crippen LogP contribution in [-0.2, 0) is 16.1 Å². The molecule has 202 valence electrons. The Morgan fingerprint density at radius 1 is 0.923 bits per heavy atom. The van der Waals surface area contributed by atoms with Gasteiger partial charge < -0.3 is 9.88 Å². The number of benzene rings is 2. The number of fused-ring (bicyclic) bond motifs is 1. The van der Waals surface area contributed by atoms with Crippen molar-refractivity contribution >= 4 is 51.4 Å². The van der Waals surface area contributed by atoms with Crippen LogP contribution in [0.5, 0.6) is 0 Å². The van der Waals surface area contributed by atoms with Gasteiger partial charge >= 0.3 is 0 Å². The monoisotopic (exact) mass is 540 g/mol. The molecule has 6 rings (SSSR count). The third kappa shape index (κ3) is 5.83. The Morgan fingerprint density at radius 3 is 2.38 bits per heavy atom. The molecule has 2 aromatic carbocycles. The highest BCUT2D eigenvalue weighted by Gasteiger charge is 2.38. The Labute approximate surface area is 234 Å². The maximum atomic E-state index is 13.9. The molecule has 2 heterocycles. The van der Waals surface area contributed by atoms with Gasteiger partial charge in [-0.2, -0.15) is 0 Å². The zero-order chi connectivity index (χ0) is 26.6. The Morgan fingerprint density at radius 2 is 1.62 bits per heavy atom. The lowest BCUT2D eigenvalue weighted by atomic mass is 10.1. The molecule has 1 aromatic heterocycles. The van der Waals surface area contributed by atoms with Gasteiger partial charge in [0.2, 0.25) is 5.91 Å². The molecule has 0 bridgehead atoms. The fourth-order valence-corrected chi connectivity index (χ4v) is 7.23. The van der Waals surface area contributed by atoms with Gasteiger partial charge in [-0.3, -0.25) is 14.5 Å². The predicted octanol–water partition coefficient (Wildman–Crippen LogP) is 7.03. The van der Waals surface area contributed by atoms with E-state index < -0.39 is 0 Å². The van der Waals surface area contributed by atoms with Crippen molar-refractivity contribution in [1.29, 1.82) is 0 Å². The molecular weight excluding hydrogens is 504 g/mol. The topological polar surface area (TPSA) is 66.7 Å². The van der Waals surface area contributed by atoms with E-state index in [0.29, 0.717) is 10.9 Å². The molecular formula is C32H36N4O2S. The van der Waals surface area contributed by atoms with Crippen LogP contribution in [0.2, 0.25) is 0 Å². The number of carbonyl (C=O) groups excluding carboxylic acids is 2. The fourth-order valence-electron chi connectivity index (χ4n) is 6.18. The van der Waals surface area contributed by atoms with Crippen LogP contribution >= 0.6 is 11.8 Å². The van der Waals surface area contributed by atoms with E-state index in [9.17, 15) is 9.59 Å². The zero-order valence-electron chi connectivity index (χ0n) is 22.4. The molecule has 0 spiro atoms. The third-order valence-electron chi connectivity index (χ3n) is 8.15. The maximum Gasteiger partial charge on any atom is 0.267 e. The highest BCUT2D eigenvalue weighted by molar-refractivity contribution is 8.18. The Balaban J connectivity index is 1.32. The lowest BCUT2D eigenvalue weighted by molar-refractivity contribution is -0.124. The Kier molecular flexibility index (Phi) is 7.86. The maximum absolute atomic E-state index is 13.9. The average molecular weight is 541 g/mol. The van der Waals surface area contributed by atoms with E-state index in [4.69, 9.17) is 4.99 Å². The van der Waals surface area contributed by atoms with Crippen molar-refractivity contribution in [3.8, 4) is 0 Å². The first-order valence-corrected chi connectivity index (χ1v) is 15.2. The summed E-state index contributed by atoms with van der Waals surface area (Å²) < 4.78 is 2.01. The molecule has 7 heteroatoms. The van der Waals surface area contributed by atoms with Gasteiger partial charge in [0.1, 0.15) is 6.54 Å². The van der Waals surface area contributed by atoms with Crippen LogP contribution in [-0.4, -0.2) is 38.5 Å². The summed E-state index contributed by atoms with van der Waals surface area (Å²) >= 11 is 1.47. The number of para-hydroxylation sites is 2. The molecule has 3 fully saturated rings. The second-order valence-corrected chi connectivity index (χ2v) is 11.9. The molecule has 0 radical (unpaired) electrons. The summed E-state index contributed by atoms with van der Waals surface area (Å²) in [7, 11) is 0. The summed E-state index contributed by atoms with van der Waals surface area (Å²) in [5, 5.41) is 5.01. The smallest absolute Gasteiger partial charge is 0.267 e. The first-order valence-electron chi connectivity index (χ1n) is 14.4. The summed E-state index contributed by atoms with van der Waals surface area (Å²) in [6, 6.07) is 18.5. The normalized spacial score (nSPS) is 21.3. The van der Waals surface area contributed by atoms with Gasteiger partial charge in [0, 0.05) is 34.7 Å². The van der Waals surface area contributed by atoms with E-state index in [1.165, 1.54) is 37.4 Å². The molecule has 39 heavy (non-hydrogen) atoms. The molecule has 6 nitrogen and oxygen atoms in total. The first-order chi connectivity index (χ1) is 19.2. The number of aromatic nitrogens is 1. The number of hydrogen-bond donors (Lipinski definition) is 1. The van der Waals surface area contributed by atoms with Gasteiger partial charge in [-0.1, -0.05) is 74.9 Å². The number of aliphatic imine (C=N–C) groups is 1. The lowest BCUT2D eigenvalue weighted by Crippen LogP contribution is -2.39. The van der Waals surface area contributed by atoms with Crippen LogP contribution in [0, 0.1) is 0 Å². The number of hydrogen-bond acceptors (Lipinski definition) is 4. The van der Waals surface area contributed by atoms with Crippen LogP contribution in [0.15, 0.2) is 70.7 Å². The first kappa shape index (κ1) is 25.9. The van der Waals surface area contributed by atoms with Crippen molar-refractivity contribution < 1.29 is 9.59 Å². The Bertz CT molecular complexity index is 1400. The van der Waals surface area contributed by atoms with E-state index in [1.807, 2.05) is 70.3 Å². The quantitative estimate of drug-likeness (QED) is 0.270. The van der Waals surface area contributed by atoms with Crippen molar-refractivity contribution in [3.05, 3.63) is 71.3 Å². The van der Waals surface area contributed by atoms with E-state index in [1.54, 1.807) is 0 Å². The van der Waals surface area contributed by atoms with Crippen molar-refractivity contribution in [2.75, 3.05) is 0 Å². The summed E-state index contributed by atoms with van der Waals surface area (Å²) in [4.78, 5) is 34.4. The number of amidine groups is 1. The molecule has 3 aliphatic rings. The van der Waals surface area contributed by atoms with E-state index >= 15 is 0 Å². The lowest BCUT2D eigenvalue weighted by Gasteiger charge is -2.26. The predicted molar refractivity (Wildman–Crippen MR) is 160 cm³/mol. The average Bonchev–Trinajstić information content (AvgIpc) is 3.58. The minimum atomic E-state index is 0.0392. The van der Waals surface area contributed by atoms with Gasteiger partial charge in [0.25, 0.3) is 5.91 Å². The summed E-state index contributed by atoms with van der Waals surface area (Å²) in [5.74, 6) is 0.0855. The SMILES string of the molecule is O=C(Cn1cc(/C=C2\SC(=Nc3ccccc3)N(C3CCCCCC3)C2=O)c2ccccc21)NC1CCCC1. The van der Waals surface area contributed by atoms with Crippen LogP contribution in [0.25, 0.3) is 17.0 Å². The van der Waals surface area contributed by atoms with Crippen LogP contribution < -0.4 is 5.32 Å². The van der Waals surface area contributed by atoms with Gasteiger partial charge in [-0.25, -0.2) is 4.99 Å². The third-order valence-corrected chi connectivity index (χ3v) is 9.13. The standard InChI is InChI=1S/C32H36N4O2S/c37-30(33-24-14-8-9-15-24)22-35-21-23(27-18-10-11-19-28(27)35)20-29-31(38)36(26-16-6-1-2-7-17-26)32(39-29)34-25-12-4-3-5-13-25/h3-5,10-13,18-21,24,26H,1-2,6-9,14-17,22H2,(H,33,37)/b29-20-,34-32?. The molecule has 2 saturated carbocycles. The molecule has 3 aromatic rings. The molecule has 1 N–H and O–H groups in total. The van der Waals surface area contributed by atoms with Gasteiger partial charge in [0.15, 0.2) is 5.17 Å². The van der Waals surface area contributed by atoms with E-state index in [2.05, 4.69) is 11.4 Å². The zero-order valence-corrected chi connectivity index (χ0v) is 23.2. The van der Waals surface area contributed by atoms with Gasteiger partial charge in [-0.15, -0.1) is 0 Å². The minimum Gasteiger partial charge on any atom is -0.352 e. The minimum absolute atomic E-state index is 0.0392. The van der Waals surface area contributed by atoms with Gasteiger partial charge in [-0.05, 0) is 61.7 Å². The summed E-state index contributed by atoms with van der Waals surface area (Å²) in [5.41, 5.74) is 2.81. The number of rotatable bonds is 6. The van der Waals surface area contributed by atoms with Crippen molar-refractivity contribution in [1.82, 2.24) is 14.8 Å². The molecule has 2 amide bonds. The van der Waals surface area contributed by atoms with Crippen molar-refractivity contribution in [2.24, 2.45) is 4.99 Å². The second-order valence-electron chi connectivity index (χ2n) is 10.9. The molecule has 1 saturated heterocycles. The molecule has 1 aliphatic heterocycles. The van der Waals surface area contributed by atoms with Crippen molar-refractivity contribution in [3.63, 3.8) is 0 Å². The molecule has 0 atom stereocenters. The van der Waals surface area contributed by atoms with E-state index in [-0.39, 0.29) is 24.4 Å². The number of nitrogens with one attached hydrogen (secondary N) is 1. The van der Waals surface area contributed by atoms with Crippen molar-refractivity contribution in [2.45, 2.75) is 82.8 Å². The second kappa shape index (κ2) is 11.8. The Hall–Kier alpha value is -3.32. The van der Waals surface area contributed by atoms with Crippen LogP contribution in [0.4, 0.5) is 5.69 Å². The number of nitrogens with zero attached hydrogens (tertiary/aromatic N) is 3. The van der Waals surface area contributed by atoms with E-state index in [0.717, 1.165) is 65.8 Å². The van der Waals surface area contributed by atoms with Gasteiger partial charge in [0.05, 0.1) is 10.6 Å². The van der Waals surface area contributed by atoms with Crippen LogP contribution in [0.3, 0.4) is 0 Å². The fraction of sp³-hybridized carbons (Fsp3) is 0.406. The largest absolute Gasteiger partial charge is 0.352 e. The highest BCUT2D eigenvalue weighted by Crippen LogP contribution is 2.39. The summed E-state index contributed by atoms with van der Waals surface area (Å²) in [6.45, 7) is 0.274. The number of carbonyl (C=O) groups is 2. The molecule has 2 aliphatic carbocycles.